The lowest BCUT2D eigenvalue weighted by atomic mass is 10.1. The molecule has 0 aromatic heterocycles. The van der Waals surface area contributed by atoms with E-state index < -0.39 is 0 Å². The molecule has 0 amide bonds. The van der Waals surface area contributed by atoms with Crippen molar-refractivity contribution in [3.05, 3.63) is 0 Å². The number of ether oxygens (including phenoxy) is 1. The third-order valence-electron chi connectivity index (χ3n) is 1.00. The summed E-state index contributed by atoms with van der Waals surface area (Å²) in [6.45, 7) is 8.13. The molecule has 0 spiro atoms. The summed E-state index contributed by atoms with van der Waals surface area (Å²) in [7, 11) is 0. The van der Waals surface area contributed by atoms with Crippen LogP contribution in [0.5, 0.6) is 0 Å². The van der Waals surface area contributed by atoms with Crippen LogP contribution in [0, 0.1) is 5.92 Å². The van der Waals surface area contributed by atoms with E-state index in [0.717, 1.165) is 6.42 Å². The van der Waals surface area contributed by atoms with Gasteiger partial charge in [-0.2, -0.15) is 0 Å². The van der Waals surface area contributed by atoms with E-state index in [2.05, 4.69) is 13.8 Å². The largest absolute Gasteiger partial charge is 0.466 e. The zero-order chi connectivity index (χ0) is 9.98. The molecule has 0 aromatic carbocycles. The Morgan fingerprint density at radius 1 is 1.50 bits per heavy atom. The molecule has 0 aliphatic heterocycles. The first-order valence-electron chi connectivity index (χ1n) is 4.28. The van der Waals surface area contributed by atoms with Crippen molar-refractivity contribution in [1.29, 1.82) is 0 Å². The Morgan fingerprint density at radius 2 is 1.92 bits per heavy atom. The highest BCUT2D eigenvalue weighted by Crippen LogP contribution is 1.98. The second-order valence-corrected chi connectivity index (χ2v) is 2.84. The van der Waals surface area contributed by atoms with Crippen molar-refractivity contribution >= 4 is 5.97 Å². The van der Waals surface area contributed by atoms with Gasteiger partial charge in [0.2, 0.25) is 0 Å². The summed E-state index contributed by atoms with van der Waals surface area (Å²) in [5.41, 5.74) is 0. The number of hydrogen-bond donors (Lipinski definition) is 1. The van der Waals surface area contributed by atoms with E-state index in [0.29, 0.717) is 12.5 Å². The first kappa shape index (κ1) is 14.0. The average Bonchev–Trinajstić information content (AvgIpc) is 1.87. The molecule has 0 rings (SSSR count). The number of rotatable bonds is 3. The zero-order valence-corrected chi connectivity index (χ0v) is 8.46. The van der Waals surface area contributed by atoms with Crippen LogP contribution in [0.4, 0.5) is 0 Å². The van der Waals surface area contributed by atoms with Gasteiger partial charge in [0.1, 0.15) is 0 Å². The third kappa shape index (κ3) is 22.7. The fourth-order valence-electron chi connectivity index (χ4n) is 0.438. The number of hydrogen-bond acceptors (Lipinski definition) is 3. The van der Waals surface area contributed by atoms with Crippen molar-refractivity contribution in [3.63, 3.8) is 0 Å². The van der Waals surface area contributed by atoms with Crippen LogP contribution in [0.2, 0.25) is 0 Å². The highest BCUT2D eigenvalue weighted by atomic mass is 16.5. The standard InChI is InChI=1S/C7H14O2.C2H6O/c1-6(2)4-5-9-7(3)8;1-2-3/h6H,4-5H2,1-3H3;3H,2H2,1H3. The summed E-state index contributed by atoms with van der Waals surface area (Å²) < 4.78 is 4.71. The van der Waals surface area contributed by atoms with Gasteiger partial charge in [0.15, 0.2) is 0 Å². The van der Waals surface area contributed by atoms with Crippen LogP contribution < -0.4 is 0 Å². The molecule has 0 fully saturated rings. The molecule has 0 unspecified atom stereocenters. The summed E-state index contributed by atoms with van der Waals surface area (Å²) in [6.07, 6.45) is 0.958. The molecule has 12 heavy (non-hydrogen) atoms. The van der Waals surface area contributed by atoms with E-state index in [9.17, 15) is 4.79 Å². The molecule has 0 aliphatic rings. The first-order chi connectivity index (χ1) is 5.54. The normalized spacial score (nSPS) is 8.83. The third-order valence-corrected chi connectivity index (χ3v) is 1.00. The van der Waals surface area contributed by atoms with E-state index in [4.69, 9.17) is 9.84 Å². The number of aliphatic hydroxyl groups excluding tert-OH is 1. The molecule has 0 atom stereocenters. The SMILES string of the molecule is CC(=O)OCCC(C)C.CCO. The Kier molecular flexibility index (Phi) is 12.2. The summed E-state index contributed by atoms with van der Waals surface area (Å²) in [6, 6.07) is 0. The minimum absolute atomic E-state index is 0.185. The Morgan fingerprint density at radius 3 is 2.17 bits per heavy atom. The monoisotopic (exact) mass is 176 g/mol. The molecule has 0 saturated carbocycles. The van der Waals surface area contributed by atoms with Gasteiger partial charge in [-0.15, -0.1) is 0 Å². The van der Waals surface area contributed by atoms with Crippen molar-refractivity contribution in [2.24, 2.45) is 5.92 Å². The molecule has 0 radical (unpaired) electrons. The van der Waals surface area contributed by atoms with E-state index in [1.54, 1.807) is 6.92 Å². The van der Waals surface area contributed by atoms with Crippen LogP contribution in [0.25, 0.3) is 0 Å². The van der Waals surface area contributed by atoms with Gasteiger partial charge in [-0.25, -0.2) is 0 Å². The van der Waals surface area contributed by atoms with Crippen LogP contribution in [0.3, 0.4) is 0 Å². The van der Waals surface area contributed by atoms with Crippen LogP contribution in [-0.4, -0.2) is 24.3 Å². The maximum atomic E-state index is 10.2. The summed E-state index contributed by atoms with van der Waals surface area (Å²) in [5.74, 6) is 0.431. The Labute approximate surface area is 74.7 Å². The van der Waals surface area contributed by atoms with Crippen molar-refractivity contribution in [1.82, 2.24) is 0 Å². The van der Waals surface area contributed by atoms with Crippen molar-refractivity contribution < 1.29 is 14.6 Å². The summed E-state index contributed by atoms with van der Waals surface area (Å²) in [4.78, 5) is 10.2. The van der Waals surface area contributed by atoms with Crippen molar-refractivity contribution in [2.75, 3.05) is 13.2 Å². The molecule has 1 N–H and O–H groups in total. The van der Waals surface area contributed by atoms with Crippen LogP contribution in [0.15, 0.2) is 0 Å². The molecule has 0 bridgehead atoms. The molecule has 0 saturated heterocycles. The Hall–Kier alpha value is -0.570. The maximum Gasteiger partial charge on any atom is 0.302 e. The van der Waals surface area contributed by atoms with Crippen LogP contribution in [0.1, 0.15) is 34.1 Å². The topological polar surface area (TPSA) is 46.5 Å². The lowest BCUT2D eigenvalue weighted by Gasteiger charge is -2.02. The molecular formula is C9H20O3. The van der Waals surface area contributed by atoms with Gasteiger partial charge in [0.05, 0.1) is 6.61 Å². The minimum atomic E-state index is -0.185. The molecule has 74 valence electrons. The van der Waals surface area contributed by atoms with Crippen molar-refractivity contribution in [2.45, 2.75) is 34.1 Å². The van der Waals surface area contributed by atoms with E-state index >= 15 is 0 Å². The number of aliphatic hydroxyl groups is 1. The lowest BCUT2D eigenvalue weighted by Crippen LogP contribution is -2.02. The molecule has 0 heterocycles. The van der Waals surface area contributed by atoms with Gasteiger partial charge in [-0.3, -0.25) is 4.79 Å². The zero-order valence-electron chi connectivity index (χ0n) is 8.46. The first-order valence-corrected chi connectivity index (χ1v) is 4.28. The van der Waals surface area contributed by atoms with Crippen LogP contribution in [-0.2, 0) is 9.53 Å². The molecule has 3 nitrogen and oxygen atoms in total. The fourth-order valence-corrected chi connectivity index (χ4v) is 0.438. The van der Waals surface area contributed by atoms with Gasteiger partial charge in [-0.1, -0.05) is 13.8 Å². The lowest BCUT2D eigenvalue weighted by molar-refractivity contribution is -0.141. The average molecular weight is 176 g/mol. The molecule has 3 heteroatoms. The van der Waals surface area contributed by atoms with E-state index in [1.165, 1.54) is 6.92 Å². The second kappa shape index (κ2) is 10.4. The molecular weight excluding hydrogens is 156 g/mol. The van der Waals surface area contributed by atoms with E-state index in [-0.39, 0.29) is 12.6 Å². The second-order valence-electron chi connectivity index (χ2n) is 2.84. The van der Waals surface area contributed by atoms with Crippen molar-refractivity contribution in [3.8, 4) is 0 Å². The minimum Gasteiger partial charge on any atom is -0.466 e. The summed E-state index contributed by atoms with van der Waals surface area (Å²) in [5, 5.41) is 7.57. The highest BCUT2D eigenvalue weighted by molar-refractivity contribution is 5.65. The van der Waals surface area contributed by atoms with Crippen LogP contribution >= 0.6 is 0 Å². The van der Waals surface area contributed by atoms with Gasteiger partial charge >= 0.3 is 5.97 Å². The Balaban J connectivity index is 0. The van der Waals surface area contributed by atoms with Gasteiger partial charge in [-0.05, 0) is 19.3 Å². The predicted octanol–water partition coefficient (Wildman–Crippen LogP) is 1.59. The highest BCUT2D eigenvalue weighted by Gasteiger charge is 1.94. The number of carbonyl (C=O) groups excluding carboxylic acids is 1. The van der Waals surface area contributed by atoms with E-state index in [1.807, 2.05) is 0 Å². The number of esters is 1. The fraction of sp³-hybridized carbons (Fsp3) is 0.889. The maximum absolute atomic E-state index is 10.2. The smallest absolute Gasteiger partial charge is 0.302 e. The van der Waals surface area contributed by atoms with Gasteiger partial charge in [0.25, 0.3) is 0 Å². The number of carbonyl (C=O) groups is 1. The summed E-state index contributed by atoms with van der Waals surface area (Å²) >= 11 is 0. The predicted molar refractivity (Wildman–Crippen MR) is 48.8 cm³/mol. The van der Waals surface area contributed by atoms with Gasteiger partial charge < -0.3 is 9.84 Å². The molecule has 0 aromatic rings. The quantitative estimate of drug-likeness (QED) is 0.664. The van der Waals surface area contributed by atoms with Gasteiger partial charge in [0, 0.05) is 13.5 Å². The Bertz CT molecular complexity index is 99.9. The molecule has 0 aliphatic carbocycles.